The molecule has 0 N–H and O–H groups in total. The van der Waals surface area contributed by atoms with E-state index in [1.54, 1.807) is 0 Å². The summed E-state index contributed by atoms with van der Waals surface area (Å²) >= 11 is 11.4. The molecule has 13 heavy (non-hydrogen) atoms. The lowest BCUT2D eigenvalue weighted by molar-refractivity contribution is 0.182. The summed E-state index contributed by atoms with van der Waals surface area (Å²) < 4.78 is 5.48. The highest BCUT2D eigenvalue weighted by Crippen LogP contribution is 2.38. The first-order chi connectivity index (χ1) is 6.07. The van der Waals surface area contributed by atoms with Gasteiger partial charge in [-0.1, -0.05) is 23.2 Å². The molecule has 0 unspecified atom stereocenters. The van der Waals surface area contributed by atoms with Crippen LogP contribution in [0.5, 0.6) is 6.01 Å². The molecule has 0 radical (unpaired) electrons. The van der Waals surface area contributed by atoms with Gasteiger partial charge in [-0.25, -0.2) is 0 Å². The highest BCUT2D eigenvalue weighted by molar-refractivity contribution is 6.33. The summed E-state index contributed by atoms with van der Waals surface area (Å²) in [4.78, 5) is 7.81. The van der Waals surface area contributed by atoms with Gasteiger partial charge in [-0.3, -0.25) is 0 Å². The van der Waals surface area contributed by atoms with Crippen LogP contribution < -0.4 is 4.74 Å². The number of halogens is 2. The average Bonchev–Trinajstić information content (AvgIpc) is 2.64. The largest absolute Gasteiger partial charge is 0.457 e. The van der Waals surface area contributed by atoms with Crippen molar-refractivity contribution in [1.82, 2.24) is 9.97 Å². The first-order valence-electron chi connectivity index (χ1n) is 3.97. The summed E-state index contributed by atoms with van der Waals surface area (Å²) in [6, 6.07) is 1.74. The number of aromatic nitrogens is 2. The minimum Gasteiger partial charge on any atom is -0.457 e. The second-order valence-electron chi connectivity index (χ2n) is 3.35. The maximum Gasteiger partial charge on any atom is 0.319 e. The van der Waals surface area contributed by atoms with Crippen molar-refractivity contribution in [3.63, 3.8) is 0 Å². The molecule has 70 valence electrons. The Hall–Kier alpha value is -0.540. The maximum atomic E-state index is 5.68. The molecule has 1 fully saturated rings. The van der Waals surface area contributed by atoms with Crippen LogP contribution in [0.15, 0.2) is 6.07 Å². The Labute approximate surface area is 86.0 Å². The van der Waals surface area contributed by atoms with Gasteiger partial charge in [0.25, 0.3) is 0 Å². The zero-order valence-corrected chi connectivity index (χ0v) is 8.56. The predicted molar refractivity (Wildman–Crippen MR) is 50.3 cm³/mol. The highest BCUT2D eigenvalue weighted by Gasteiger charge is 2.41. The third-order valence-corrected chi connectivity index (χ3v) is 2.32. The molecule has 3 nitrogen and oxygen atoms in total. The molecular formula is C8H8Cl2N2O. The lowest BCUT2D eigenvalue weighted by Crippen LogP contribution is -2.14. The van der Waals surface area contributed by atoms with Crippen molar-refractivity contribution in [2.45, 2.75) is 25.4 Å². The smallest absolute Gasteiger partial charge is 0.319 e. The van der Waals surface area contributed by atoms with Crippen LogP contribution in [-0.4, -0.2) is 15.6 Å². The Kier molecular flexibility index (Phi) is 2.08. The zero-order valence-electron chi connectivity index (χ0n) is 7.05. The number of rotatable bonds is 2. The van der Waals surface area contributed by atoms with E-state index in [2.05, 4.69) is 9.97 Å². The van der Waals surface area contributed by atoms with Gasteiger partial charge in [0.15, 0.2) is 0 Å². The molecule has 0 atom stereocenters. The molecule has 1 heterocycles. The van der Waals surface area contributed by atoms with E-state index in [-0.39, 0.29) is 11.6 Å². The van der Waals surface area contributed by atoms with E-state index in [1.807, 2.05) is 6.92 Å². The van der Waals surface area contributed by atoms with Crippen LogP contribution in [0.4, 0.5) is 0 Å². The van der Waals surface area contributed by atoms with Gasteiger partial charge < -0.3 is 4.74 Å². The van der Waals surface area contributed by atoms with Gasteiger partial charge in [-0.05, 0) is 19.8 Å². The van der Waals surface area contributed by atoms with Crippen molar-refractivity contribution in [3.05, 3.63) is 16.4 Å². The zero-order chi connectivity index (χ0) is 9.47. The lowest BCUT2D eigenvalue weighted by atomic mass is 10.4. The fourth-order valence-corrected chi connectivity index (χ4v) is 1.32. The van der Waals surface area contributed by atoms with E-state index < -0.39 is 0 Å². The molecule has 1 aromatic rings. The van der Waals surface area contributed by atoms with E-state index in [0.29, 0.717) is 10.3 Å². The number of hydrogen-bond acceptors (Lipinski definition) is 3. The summed E-state index contributed by atoms with van der Waals surface area (Å²) in [6.07, 6.45) is 2.06. The van der Waals surface area contributed by atoms with Crippen LogP contribution in [0.2, 0.25) is 10.3 Å². The van der Waals surface area contributed by atoms with Crippen molar-refractivity contribution in [2.75, 3.05) is 0 Å². The van der Waals surface area contributed by atoms with Crippen LogP contribution in [0.1, 0.15) is 19.8 Å². The standard InChI is InChI=1S/C8H8Cl2N2O/c1-8(2-3-8)13-7-11-5(9)4-6(10)12-7/h4H,2-3H2,1H3. The molecule has 1 aromatic heterocycles. The van der Waals surface area contributed by atoms with E-state index in [1.165, 1.54) is 6.07 Å². The number of nitrogens with zero attached hydrogens (tertiary/aromatic N) is 2. The van der Waals surface area contributed by atoms with Crippen LogP contribution in [0.3, 0.4) is 0 Å². The topological polar surface area (TPSA) is 35.0 Å². The van der Waals surface area contributed by atoms with E-state index >= 15 is 0 Å². The summed E-state index contributed by atoms with van der Waals surface area (Å²) in [7, 11) is 0. The maximum absolute atomic E-state index is 5.68. The molecule has 0 aromatic carbocycles. The minimum atomic E-state index is -0.103. The Morgan fingerprint density at radius 2 is 1.85 bits per heavy atom. The van der Waals surface area contributed by atoms with Crippen molar-refractivity contribution in [1.29, 1.82) is 0 Å². The van der Waals surface area contributed by atoms with Crippen molar-refractivity contribution >= 4 is 23.2 Å². The van der Waals surface area contributed by atoms with Gasteiger partial charge in [-0.2, -0.15) is 9.97 Å². The summed E-state index contributed by atoms with van der Waals surface area (Å²) in [5.74, 6) is 0. The normalized spacial score (nSPS) is 18.4. The number of hydrogen-bond donors (Lipinski definition) is 0. The Morgan fingerprint density at radius 3 is 2.31 bits per heavy atom. The monoisotopic (exact) mass is 218 g/mol. The van der Waals surface area contributed by atoms with Gasteiger partial charge in [0.05, 0.1) is 0 Å². The molecule has 0 spiro atoms. The molecule has 1 aliphatic carbocycles. The second-order valence-corrected chi connectivity index (χ2v) is 4.12. The van der Waals surface area contributed by atoms with E-state index in [9.17, 15) is 0 Å². The molecule has 2 rings (SSSR count). The first-order valence-corrected chi connectivity index (χ1v) is 4.72. The fraction of sp³-hybridized carbons (Fsp3) is 0.500. The molecule has 0 amide bonds. The molecule has 0 saturated heterocycles. The van der Waals surface area contributed by atoms with Crippen molar-refractivity contribution in [3.8, 4) is 6.01 Å². The Bertz CT molecular complexity index is 319. The molecule has 1 saturated carbocycles. The van der Waals surface area contributed by atoms with E-state index in [4.69, 9.17) is 27.9 Å². The van der Waals surface area contributed by atoms with Gasteiger partial charge in [0.2, 0.25) is 0 Å². The van der Waals surface area contributed by atoms with Gasteiger partial charge in [0, 0.05) is 6.07 Å². The molecule has 1 aliphatic rings. The summed E-state index contributed by atoms with van der Waals surface area (Å²) in [5, 5.41) is 0.610. The molecule has 0 aliphatic heterocycles. The van der Waals surface area contributed by atoms with Crippen LogP contribution in [0, 0.1) is 0 Å². The second kappa shape index (κ2) is 3.00. The SMILES string of the molecule is CC1(Oc2nc(Cl)cc(Cl)n2)CC1. The summed E-state index contributed by atoms with van der Waals surface area (Å²) in [6.45, 7) is 2.01. The van der Waals surface area contributed by atoms with Crippen LogP contribution >= 0.6 is 23.2 Å². The quantitative estimate of drug-likeness (QED) is 0.717. The minimum absolute atomic E-state index is 0.103. The van der Waals surface area contributed by atoms with E-state index in [0.717, 1.165) is 12.8 Å². The Morgan fingerprint density at radius 1 is 1.31 bits per heavy atom. The summed E-state index contributed by atoms with van der Waals surface area (Å²) in [5.41, 5.74) is -0.103. The Balaban J connectivity index is 2.20. The van der Waals surface area contributed by atoms with Gasteiger partial charge in [0.1, 0.15) is 15.9 Å². The average molecular weight is 219 g/mol. The van der Waals surface area contributed by atoms with Crippen LogP contribution in [0.25, 0.3) is 0 Å². The van der Waals surface area contributed by atoms with Gasteiger partial charge in [-0.15, -0.1) is 0 Å². The highest BCUT2D eigenvalue weighted by atomic mass is 35.5. The third kappa shape index (κ3) is 2.23. The van der Waals surface area contributed by atoms with Crippen molar-refractivity contribution < 1.29 is 4.74 Å². The fourth-order valence-electron chi connectivity index (χ4n) is 0.915. The number of ether oxygens (including phenoxy) is 1. The van der Waals surface area contributed by atoms with Gasteiger partial charge >= 0.3 is 6.01 Å². The molecule has 0 bridgehead atoms. The first kappa shape index (κ1) is 9.03. The van der Waals surface area contributed by atoms with Crippen LogP contribution in [-0.2, 0) is 0 Å². The predicted octanol–water partition coefficient (Wildman–Crippen LogP) is 2.71. The lowest BCUT2D eigenvalue weighted by Gasteiger charge is -2.10. The van der Waals surface area contributed by atoms with Crippen molar-refractivity contribution in [2.24, 2.45) is 0 Å². The molecule has 5 heteroatoms. The third-order valence-electron chi connectivity index (χ3n) is 1.93. The molecular weight excluding hydrogens is 211 g/mol.